The minimum absolute atomic E-state index is 0.0738. The van der Waals surface area contributed by atoms with Gasteiger partial charge in [-0.05, 0) is 116 Å². The van der Waals surface area contributed by atoms with Crippen LogP contribution >= 0.6 is 0 Å². The van der Waals surface area contributed by atoms with Crippen LogP contribution in [0.3, 0.4) is 0 Å². The van der Waals surface area contributed by atoms with Crippen molar-refractivity contribution in [2.24, 2.45) is 0 Å². The van der Waals surface area contributed by atoms with E-state index in [0.717, 1.165) is 12.8 Å². The number of unbranched alkanes of at least 4 members (excludes halogenated alkanes) is 2. The van der Waals surface area contributed by atoms with Crippen molar-refractivity contribution >= 4 is 0 Å². The molecule has 0 radical (unpaired) electrons. The lowest BCUT2D eigenvalue weighted by atomic mass is 9.80. The molecule has 0 atom stereocenters. The fourth-order valence-corrected chi connectivity index (χ4v) is 7.30. The molecule has 0 heteroatoms. The van der Waals surface area contributed by atoms with E-state index < -0.39 is 0 Å². The Morgan fingerprint density at radius 3 is 0.957 bits per heavy atom. The third-order valence-electron chi connectivity index (χ3n) is 10.3. The Labute approximate surface area is 282 Å². The van der Waals surface area contributed by atoms with Gasteiger partial charge in [0.1, 0.15) is 0 Å². The van der Waals surface area contributed by atoms with E-state index in [1.165, 1.54) is 104 Å². The van der Waals surface area contributed by atoms with Crippen LogP contribution in [0.1, 0.15) is 75.6 Å². The minimum Gasteiger partial charge on any atom is -0.0654 e. The molecule has 6 aromatic rings. The Bertz CT molecular complexity index is 1820. The molecule has 0 saturated carbocycles. The van der Waals surface area contributed by atoms with Gasteiger partial charge in [0.2, 0.25) is 0 Å². The first kappa shape index (κ1) is 30.9. The van der Waals surface area contributed by atoms with Crippen molar-refractivity contribution in [3.8, 4) is 55.6 Å². The minimum atomic E-state index is -0.0738. The van der Waals surface area contributed by atoms with Crippen LogP contribution in [0.4, 0.5) is 0 Å². The first-order valence-corrected chi connectivity index (χ1v) is 17.6. The lowest BCUT2D eigenvalue weighted by molar-refractivity contribution is 0.661. The molecule has 0 bridgehead atoms. The second-order valence-electron chi connectivity index (χ2n) is 13.9. The Morgan fingerprint density at radius 2 is 0.638 bits per heavy atom. The zero-order chi connectivity index (χ0) is 32.4. The highest BCUT2D eigenvalue weighted by Crippen LogP contribution is 2.50. The van der Waals surface area contributed by atoms with Crippen LogP contribution in [0.15, 0.2) is 133 Å². The van der Waals surface area contributed by atoms with Gasteiger partial charge in [-0.2, -0.15) is 0 Å². The smallest absolute Gasteiger partial charge is 0.0159 e. The summed E-state index contributed by atoms with van der Waals surface area (Å²) in [5.41, 5.74) is 18.5. The van der Waals surface area contributed by atoms with E-state index in [9.17, 15) is 0 Å². The first-order valence-electron chi connectivity index (χ1n) is 17.6. The van der Waals surface area contributed by atoms with Gasteiger partial charge in [0.05, 0.1) is 0 Å². The fraction of sp³-hybridized carbons (Fsp3) is 0.234. The number of hydrogen-bond acceptors (Lipinski definition) is 0. The van der Waals surface area contributed by atoms with Crippen LogP contribution < -0.4 is 0 Å². The van der Waals surface area contributed by atoms with Gasteiger partial charge in [-0.15, -0.1) is 0 Å². The van der Waals surface area contributed by atoms with Gasteiger partial charge >= 0.3 is 0 Å². The average molecular weight is 611 g/mol. The van der Waals surface area contributed by atoms with Crippen molar-refractivity contribution in [2.75, 3.05) is 0 Å². The molecule has 1 aliphatic rings. The van der Waals surface area contributed by atoms with Crippen LogP contribution in [0, 0.1) is 0 Å². The van der Waals surface area contributed by atoms with Crippen molar-refractivity contribution in [3.05, 3.63) is 156 Å². The maximum Gasteiger partial charge on any atom is 0.0159 e. The standard InChI is InChI=1S/C47H46/c1-5-7-9-33-11-15-35(16-12-33)37-19-23-39(24-20-37)41-27-29-43-44-30-28-42(32-46(44)47(3,4)45(43)31-41)40-25-21-38(22-26-40)36-17-13-34(14-18-36)10-8-6-2/h11-32H,5-10H2,1-4H3. The Morgan fingerprint density at radius 1 is 0.362 bits per heavy atom. The van der Waals surface area contributed by atoms with E-state index in [1.807, 2.05) is 0 Å². The normalized spacial score (nSPS) is 12.9. The summed E-state index contributed by atoms with van der Waals surface area (Å²) in [6.45, 7) is 9.27. The van der Waals surface area contributed by atoms with E-state index in [2.05, 4.69) is 161 Å². The van der Waals surface area contributed by atoms with Crippen molar-refractivity contribution < 1.29 is 0 Å². The van der Waals surface area contributed by atoms with Crippen LogP contribution in [0.5, 0.6) is 0 Å². The van der Waals surface area contributed by atoms with Crippen molar-refractivity contribution in [1.82, 2.24) is 0 Å². The van der Waals surface area contributed by atoms with Crippen molar-refractivity contribution in [2.45, 2.75) is 71.6 Å². The van der Waals surface area contributed by atoms with E-state index >= 15 is 0 Å². The molecule has 0 aliphatic heterocycles. The van der Waals surface area contributed by atoms with E-state index in [0.29, 0.717) is 0 Å². The van der Waals surface area contributed by atoms with Gasteiger partial charge in [-0.25, -0.2) is 0 Å². The van der Waals surface area contributed by atoms with E-state index in [4.69, 9.17) is 0 Å². The Kier molecular flexibility index (Phi) is 8.70. The van der Waals surface area contributed by atoms with Gasteiger partial charge in [0.25, 0.3) is 0 Å². The highest BCUT2D eigenvalue weighted by atomic mass is 14.4. The van der Waals surface area contributed by atoms with Gasteiger partial charge in [-0.1, -0.05) is 162 Å². The van der Waals surface area contributed by atoms with E-state index in [1.54, 1.807) is 0 Å². The number of fused-ring (bicyclic) bond motifs is 3. The predicted octanol–water partition coefficient (Wildman–Crippen LogP) is 13.3. The summed E-state index contributed by atoms with van der Waals surface area (Å²) in [6, 6.07) is 50.5. The number of hydrogen-bond donors (Lipinski definition) is 0. The van der Waals surface area contributed by atoms with Crippen LogP contribution in [0.25, 0.3) is 55.6 Å². The average Bonchev–Trinajstić information content (AvgIpc) is 3.35. The van der Waals surface area contributed by atoms with Gasteiger partial charge in [0.15, 0.2) is 0 Å². The molecular formula is C47H46. The summed E-state index contributed by atoms with van der Waals surface area (Å²) in [5, 5.41) is 0. The zero-order valence-corrected chi connectivity index (χ0v) is 28.4. The summed E-state index contributed by atoms with van der Waals surface area (Å²) in [5.74, 6) is 0. The Hall–Kier alpha value is -4.68. The SMILES string of the molecule is CCCCc1ccc(-c2ccc(-c3ccc4c(c3)C(C)(C)c3cc(-c5ccc(-c6ccc(CCCC)cc6)cc5)ccc3-4)cc2)cc1. The van der Waals surface area contributed by atoms with Crippen molar-refractivity contribution in [1.29, 1.82) is 0 Å². The molecular weight excluding hydrogens is 565 g/mol. The maximum absolute atomic E-state index is 2.43. The number of rotatable bonds is 10. The molecule has 0 nitrogen and oxygen atoms in total. The highest BCUT2D eigenvalue weighted by molar-refractivity contribution is 5.86. The molecule has 0 unspecified atom stereocenters. The summed E-state index contributed by atoms with van der Waals surface area (Å²) in [4.78, 5) is 0. The first-order chi connectivity index (χ1) is 22.9. The topological polar surface area (TPSA) is 0 Å². The maximum atomic E-state index is 2.43. The molecule has 0 heterocycles. The second-order valence-corrected chi connectivity index (χ2v) is 13.9. The molecule has 7 rings (SSSR count). The monoisotopic (exact) mass is 610 g/mol. The summed E-state index contributed by atoms with van der Waals surface area (Å²) in [7, 11) is 0. The highest BCUT2D eigenvalue weighted by Gasteiger charge is 2.35. The molecule has 1 aliphatic carbocycles. The molecule has 6 aromatic carbocycles. The largest absolute Gasteiger partial charge is 0.0654 e. The lowest BCUT2D eigenvalue weighted by Crippen LogP contribution is -2.15. The molecule has 234 valence electrons. The third-order valence-corrected chi connectivity index (χ3v) is 10.3. The third kappa shape index (κ3) is 6.22. The summed E-state index contributed by atoms with van der Waals surface area (Å²) >= 11 is 0. The molecule has 47 heavy (non-hydrogen) atoms. The molecule has 0 amide bonds. The van der Waals surface area contributed by atoms with Crippen LogP contribution in [-0.4, -0.2) is 0 Å². The quantitative estimate of drug-likeness (QED) is 0.145. The predicted molar refractivity (Wildman–Crippen MR) is 203 cm³/mol. The van der Waals surface area contributed by atoms with E-state index in [-0.39, 0.29) is 5.41 Å². The van der Waals surface area contributed by atoms with Gasteiger partial charge < -0.3 is 0 Å². The molecule has 0 spiro atoms. The molecule has 0 N–H and O–H groups in total. The summed E-state index contributed by atoms with van der Waals surface area (Å²) < 4.78 is 0. The van der Waals surface area contributed by atoms with Crippen LogP contribution in [-0.2, 0) is 18.3 Å². The molecule has 0 fully saturated rings. The zero-order valence-electron chi connectivity index (χ0n) is 28.4. The molecule has 0 saturated heterocycles. The number of aryl methyl sites for hydroxylation is 2. The molecule has 0 aromatic heterocycles. The van der Waals surface area contributed by atoms with Gasteiger partial charge in [0, 0.05) is 5.41 Å². The van der Waals surface area contributed by atoms with Gasteiger partial charge in [-0.3, -0.25) is 0 Å². The van der Waals surface area contributed by atoms with Crippen LogP contribution in [0.2, 0.25) is 0 Å². The Balaban J connectivity index is 1.10. The number of benzene rings is 6. The second kappa shape index (κ2) is 13.2. The summed E-state index contributed by atoms with van der Waals surface area (Å²) in [6.07, 6.45) is 7.30. The fourth-order valence-electron chi connectivity index (χ4n) is 7.30. The lowest BCUT2D eigenvalue weighted by Gasteiger charge is -2.22. The van der Waals surface area contributed by atoms with Crippen molar-refractivity contribution in [3.63, 3.8) is 0 Å².